The van der Waals surface area contributed by atoms with Gasteiger partial charge < -0.3 is 15.2 Å². The van der Waals surface area contributed by atoms with Gasteiger partial charge in [-0.15, -0.1) is 0 Å². The van der Waals surface area contributed by atoms with E-state index in [1.165, 1.54) is 10.9 Å². The molecule has 4 rings (SSSR count). The fraction of sp³-hybridized carbons (Fsp3) is 0.273. The van der Waals surface area contributed by atoms with Crippen LogP contribution in [0.25, 0.3) is 22.0 Å². The minimum absolute atomic E-state index is 0.0383. The van der Waals surface area contributed by atoms with Crippen molar-refractivity contribution in [3.63, 3.8) is 0 Å². The number of rotatable bonds is 3. The van der Waals surface area contributed by atoms with Gasteiger partial charge in [0, 0.05) is 42.8 Å². The van der Waals surface area contributed by atoms with Crippen LogP contribution in [0, 0.1) is 5.92 Å². The molecule has 2 N–H and O–H groups in total. The van der Waals surface area contributed by atoms with E-state index in [9.17, 15) is 9.59 Å². The fourth-order valence-electron chi connectivity index (χ4n) is 3.87. The van der Waals surface area contributed by atoms with Crippen molar-refractivity contribution in [3.8, 4) is 11.1 Å². The van der Waals surface area contributed by atoms with Crippen LogP contribution in [0.2, 0.25) is 0 Å². The molecular formula is C22H23N3O2. The molecule has 0 unspecified atom stereocenters. The lowest BCUT2D eigenvalue weighted by Gasteiger charge is -2.31. The summed E-state index contributed by atoms with van der Waals surface area (Å²) in [5.41, 5.74) is 9.35. The summed E-state index contributed by atoms with van der Waals surface area (Å²) in [5.74, 6) is -0.604. The summed E-state index contributed by atoms with van der Waals surface area (Å²) in [5, 5.41) is 1.17. The number of primary amides is 1. The number of carbonyl (C=O) groups is 2. The number of benzene rings is 2. The van der Waals surface area contributed by atoms with Crippen molar-refractivity contribution in [2.45, 2.75) is 12.8 Å². The van der Waals surface area contributed by atoms with Gasteiger partial charge in [0.05, 0.1) is 5.92 Å². The SMILES string of the molecule is Cn1ccc2cc(-c3cccc(C(=O)N4CCC[C@H](C(N)=O)C4)c3)ccc21. The third-order valence-corrected chi connectivity index (χ3v) is 5.44. The Hall–Kier alpha value is -3.08. The summed E-state index contributed by atoms with van der Waals surface area (Å²) in [6.07, 6.45) is 3.61. The molecule has 3 aromatic rings. The second-order valence-electron chi connectivity index (χ2n) is 7.27. The van der Waals surface area contributed by atoms with Crippen LogP contribution in [0.5, 0.6) is 0 Å². The van der Waals surface area contributed by atoms with E-state index in [4.69, 9.17) is 5.73 Å². The smallest absolute Gasteiger partial charge is 0.253 e. The van der Waals surface area contributed by atoms with E-state index in [0.29, 0.717) is 18.7 Å². The van der Waals surface area contributed by atoms with Gasteiger partial charge >= 0.3 is 0 Å². The maximum Gasteiger partial charge on any atom is 0.253 e. The predicted octanol–water partition coefficient (Wildman–Crippen LogP) is 3.18. The van der Waals surface area contributed by atoms with E-state index in [1.54, 1.807) is 4.90 Å². The van der Waals surface area contributed by atoms with Gasteiger partial charge in [0.2, 0.25) is 5.91 Å². The second-order valence-corrected chi connectivity index (χ2v) is 7.27. The van der Waals surface area contributed by atoms with Gasteiger partial charge in [-0.05, 0) is 54.3 Å². The molecule has 2 aromatic carbocycles. The van der Waals surface area contributed by atoms with Crippen molar-refractivity contribution in [1.29, 1.82) is 0 Å². The van der Waals surface area contributed by atoms with Gasteiger partial charge in [0.15, 0.2) is 0 Å². The maximum absolute atomic E-state index is 12.9. The first-order valence-electron chi connectivity index (χ1n) is 9.27. The number of aromatic nitrogens is 1. The Labute approximate surface area is 158 Å². The number of likely N-dealkylation sites (tertiary alicyclic amines) is 1. The highest BCUT2D eigenvalue weighted by Crippen LogP contribution is 2.26. The second kappa shape index (κ2) is 6.91. The van der Waals surface area contributed by atoms with E-state index >= 15 is 0 Å². The molecule has 0 aliphatic carbocycles. The highest BCUT2D eigenvalue weighted by Gasteiger charge is 2.27. The van der Waals surface area contributed by atoms with Crippen molar-refractivity contribution < 1.29 is 9.59 Å². The highest BCUT2D eigenvalue weighted by atomic mass is 16.2. The maximum atomic E-state index is 12.9. The van der Waals surface area contributed by atoms with E-state index in [2.05, 4.69) is 28.8 Å². The zero-order chi connectivity index (χ0) is 19.0. The number of hydrogen-bond donors (Lipinski definition) is 1. The fourth-order valence-corrected chi connectivity index (χ4v) is 3.87. The zero-order valence-corrected chi connectivity index (χ0v) is 15.4. The molecule has 1 saturated heterocycles. The van der Waals surface area contributed by atoms with Crippen molar-refractivity contribution >= 4 is 22.7 Å². The van der Waals surface area contributed by atoms with Gasteiger partial charge in [0.1, 0.15) is 0 Å². The Morgan fingerprint density at radius 2 is 1.89 bits per heavy atom. The van der Waals surface area contributed by atoms with Crippen LogP contribution < -0.4 is 5.73 Å². The molecule has 0 bridgehead atoms. The van der Waals surface area contributed by atoms with Crippen molar-refractivity contribution in [2.75, 3.05) is 13.1 Å². The third kappa shape index (κ3) is 3.33. The first-order valence-corrected chi connectivity index (χ1v) is 9.27. The summed E-state index contributed by atoms with van der Waals surface area (Å²) in [6.45, 7) is 1.08. The Bertz CT molecular complexity index is 1020. The van der Waals surface area contributed by atoms with Gasteiger partial charge in [-0.3, -0.25) is 9.59 Å². The van der Waals surface area contributed by atoms with E-state index < -0.39 is 0 Å². The number of nitrogens with zero attached hydrogens (tertiary/aromatic N) is 2. The predicted molar refractivity (Wildman–Crippen MR) is 106 cm³/mol. The van der Waals surface area contributed by atoms with Crippen LogP contribution in [0.3, 0.4) is 0 Å². The number of hydrogen-bond acceptors (Lipinski definition) is 2. The summed E-state index contributed by atoms with van der Waals surface area (Å²) >= 11 is 0. The van der Waals surface area contributed by atoms with E-state index in [-0.39, 0.29) is 17.7 Å². The molecule has 2 amide bonds. The molecule has 27 heavy (non-hydrogen) atoms. The molecule has 0 radical (unpaired) electrons. The van der Waals surface area contributed by atoms with Crippen LogP contribution in [-0.2, 0) is 11.8 Å². The minimum Gasteiger partial charge on any atom is -0.369 e. The van der Waals surface area contributed by atoms with E-state index in [0.717, 1.165) is 24.0 Å². The lowest BCUT2D eigenvalue weighted by molar-refractivity contribution is -0.123. The van der Waals surface area contributed by atoms with Gasteiger partial charge in [-0.1, -0.05) is 18.2 Å². The van der Waals surface area contributed by atoms with Gasteiger partial charge in [-0.25, -0.2) is 0 Å². The first kappa shape index (κ1) is 17.3. The lowest BCUT2D eigenvalue weighted by atomic mass is 9.96. The largest absolute Gasteiger partial charge is 0.369 e. The normalized spacial score (nSPS) is 17.2. The molecule has 1 aliphatic rings. The van der Waals surface area contributed by atoms with Crippen molar-refractivity contribution in [1.82, 2.24) is 9.47 Å². The molecule has 2 heterocycles. The van der Waals surface area contributed by atoms with Crippen molar-refractivity contribution in [2.24, 2.45) is 18.7 Å². The monoisotopic (exact) mass is 361 g/mol. The topological polar surface area (TPSA) is 68.3 Å². The van der Waals surface area contributed by atoms with Crippen molar-refractivity contribution in [3.05, 3.63) is 60.3 Å². The first-order chi connectivity index (χ1) is 13.0. The summed E-state index contributed by atoms with van der Waals surface area (Å²) < 4.78 is 2.09. The Kier molecular flexibility index (Phi) is 4.44. The zero-order valence-electron chi connectivity index (χ0n) is 15.4. The van der Waals surface area contributed by atoms with Crippen LogP contribution in [0.4, 0.5) is 0 Å². The Morgan fingerprint density at radius 1 is 1.07 bits per heavy atom. The summed E-state index contributed by atoms with van der Waals surface area (Å²) in [6, 6.07) is 16.1. The van der Waals surface area contributed by atoms with Crippen LogP contribution in [0.15, 0.2) is 54.7 Å². The molecule has 5 heteroatoms. The summed E-state index contributed by atoms with van der Waals surface area (Å²) in [4.78, 5) is 26.2. The number of aryl methyl sites for hydroxylation is 1. The van der Waals surface area contributed by atoms with Gasteiger partial charge in [0.25, 0.3) is 5.91 Å². The van der Waals surface area contributed by atoms with Crippen LogP contribution >= 0.6 is 0 Å². The molecule has 1 aliphatic heterocycles. The molecule has 0 saturated carbocycles. The third-order valence-electron chi connectivity index (χ3n) is 5.44. The van der Waals surface area contributed by atoms with Crippen LogP contribution in [-0.4, -0.2) is 34.4 Å². The molecular weight excluding hydrogens is 338 g/mol. The minimum atomic E-state index is -0.322. The average Bonchev–Trinajstić information content (AvgIpc) is 3.08. The molecule has 138 valence electrons. The molecule has 1 atom stereocenters. The average molecular weight is 361 g/mol. The number of amides is 2. The number of carbonyl (C=O) groups excluding carboxylic acids is 2. The lowest BCUT2D eigenvalue weighted by Crippen LogP contribution is -2.44. The highest BCUT2D eigenvalue weighted by molar-refractivity contribution is 5.96. The number of nitrogens with two attached hydrogens (primary N) is 1. The Balaban J connectivity index is 1.61. The standard InChI is InChI=1S/C22H23N3O2/c1-24-11-9-17-12-16(7-8-20(17)24)15-4-2-5-18(13-15)22(27)25-10-3-6-19(14-25)21(23)26/h2,4-5,7-9,11-13,19H,3,6,10,14H2,1H3,(H2,23,26)/t19-/m0/s1. The molecule has 0 spiro atoms. The Morgan fingerprint density at radius 3 is 2.70 bits per heavy atom. The molecule has 1 aromatic heterocycles. The van der Waals surface area contributed by atoms with Crippen LogP contribution in [0.1, 0.15) is 23.2 Å². The molecule has 1 fully saturated rings. The molecule has 5 nitrogen and oxygen atoms in total. The number of fused-ring (bicyclic) bond motifs is 1. The van der Waals surface area contributed by atoms with E-state index in [1.807, 2.05) is 37.5 Å². The van der Waals surface area contributed by atoms with Gasteiger partial charge in [-0.2, -0.15) is 0 Å². The summed E-state index contributed by atoms with van der Waals surface area (Å²) in [7, 11) is 2.03. The quantitative estimate of drug-likeness (QED) is 0.778. The number of piperidine rings is 1.